The molecule has 3 aromatic heterocycles. The van der Waals surface area contributed by atoms with Gasteiger partial charge in [-0.2, -0.15) is 0 Å². The van der Waals surface area contributed by atoms with Crippen LogP contribution in [0.25, 0.3) is 11.2 Å². The summed E-state index contributed by atoms with van der Waals surface area (Å²) in [5, 5.41) is 13.5. The van der Waals surface area contributed by atoms with Gasteiger partial charge in [-0.1, -0.05) is 20.3 Å². The van der Waals surface area contributed by atoms with Gasteiger partial charge in [0.2, 0.25) is 11.8 Å². The second-order valence-corrected chi connectivity index (χ2v) is 22.7. The van der Waals surface area contributed by atoms with Crippen LogP contribution in [0.15, 0.2) is 46.7 Å². The number of amides is 7. The zero-order valence-electron chi connectivity index (χ0n) is 42.3. The number of aromatic amines is 1. The number of nitrogens with zero attached hydrogens (tertiary/aromatic N) is 6. The van der Waals surface area contributed by atoms with Crippen LogP contribution in [0.5, 0.6) is 0 Å². The number of primary amides is 1. The van der Waals surface area contributed by atoms with Crippen molar-refractivity contribution >= 4 is 79.1 Å². The Hall–Kier alpha value is -6.03. The SMILES string of the molecule is CC(C)C(NCCCCCN1C(=O)C=CC1=O)C(=O)NC(CCCNC(N)=O)C(=O)NCCCOC(=O)Nc1ncnc2c1ncn2[C@@H]1O[C@@H]2COP(O)(=S)O[C@H]3[C@@H](F)[C@H](n4ccc(=O)[nH]c4=O)O[C@@H]3COP(=O)(O)O[C@H]2[C@H]1F. The molecule has 7 rings (SSSR count). The number of H-pyrrole nitrogens is 1. The first kappa shape index (κ1) is 60.6. The van der Waals surface area contributed by atoms with E-state index in [1.165, 1.54) is 12.2 Å². The number of anilines is 1. The predicted molar refractivity (Wildman–Crippen MR) is 270 cm³/mol. The van der Waals surface area contributed by atoms with Crippen molar-refractivity contribution in [3.8, 4) is 0 Å². The predicted octanol–water partition coefficient (Wildman–Crippen LogP) is -0.320. The molecule has 12 atom stereocenters. The monoisotopic (exact) mass is 1180 g/mol. The molecule has 3 fully saturated rings. The number of alkyl halides is 2. The fourth-order valence-electron chi connectivity index (χ4n) is 8.68. The van der Waals surface area contributed by atoms with E-state index in [0.717, 1.165) is 34.4 Å². The van der Waals surface area contributed by atoms with Crippen molar-refractivity contribution in [1.82, 2.24) is 55.2 Å². The Labute approximate surface area is 451 Å². The molecule has 4 aliphatic heterocycles. The van der Waals surface area contributed by atoms with Crippen LogP contribution in [0.1, 0.15) is 64.8 Å². The molecule has 0 saturated carbocycles. The van der Waals surface area contributed by atoms with Crippen LogP contribution in [0.3, 0.4) is 0 Å². The maximum Gasteiger partial charge on any atom is 0.472 e. The highest BCUT2D eigenvalue weighted by Crippen LogP contribution is 2.54. The summed E-state index contributed by atoms with van der Waals surface area (Å²) in [6, 6.07) is -1.57. The van der Waals surface area contributed by atoms with Crippen molar-refractivity contribution in [2.75, 3.05) is 51.3 Å². The van der Waals surface area contributed by atoms with Crippen molar-refractivity contribution < 1.29 is 84.2 Å². The molecule has 7 heterocycles. The van der Waals surface area contributed by atoms with Gasteiger partial charge in [0.1, 0.15) is 36.8 Å². The molecule has 0 radical (unpaired) electrons. The fourth-order valence-corrected chi connectivity index (χ4v) is 11.1. The van der Waals surface area contributed by atoms with Gasteiger partial charge in [0, 0.05) is 44.0 Å². The third-order valence-corrected chi connectivity index (χ3v) is 15.1. The summed E-state index contributed by atoms with van der Waals surface area (Å²) in [6.45, 7) is -2.06. The first-order valence-electron chi connectivity index (χ1n) is 24.7. The zero-order valence-corrected chi connectivity index (χ0v) is 44.9. The van der Waals surface area contributed by atoms with Gasteiger partial charge < -0.3 is 55.5 Å². The number of hydrogen-bond acceptors (Lipinski definition) is 21. The number of carbonyl (C=O) groups excluding carboxylic acids is 6. The molecule has 0 aromatic carbocycles. The van der Waals surface area contributed by atoms with Crippen molar-refractivity contribution in [2.24, 2.45) is 11.7 Å². The molecule has 3 aromatic rings. The normalized spacial score (nSPS) is 27.9. The average molecular weight is 1180 g/mol. The van der Waals surface area contributed by atoms with Crippen LogP contribution < -0.4 is 43.6 Å². The van der Waals surface area contributed by atoms with Gasteiger partial charge in [0.15, 0.2) is 41.8 Å². The van der Waals surface area contributed by atoms with E-state index in [1.807, 2.05) is 18.8 Å². The van der Waals surface area contributed by atoms with E-state index in [4.69, 9.17) is 49.8 Å². The highest BCUT2D eigenvalue weighted by molar-refractivity contribution is 8.07. The number of urea groups is 1. The lowest BCUT2D eigenvalue weighted by Gasteiger charge is -2.28. The van der Waals surface area contributed by atoms with Crippen LogP contribution in [0.4, 0.5) is 24.2 Å². The van der Waals surface area contributed by atoms with Crippen molar-refractivity contribution in [1.29, 1.82) is 0 Å². The quantitative estimate of drug-likeness (QED) is 0.0354. The number of phosphoric ester groups is 1. The topological polar surface area (TPSA) is 412 Å². The van der Waals surface area contributed by atoms with E-state index >= 15 is 8.78 Å². The molecular weight excluding hydrogens is 1120 g/mol. The third kappa shape index (κ3) is 15.9. The van der Waals surface area contributed by atoms with Crippen molar-refractivity contribution in [3.05, 3.63) is 57.9 Å². The molecule has 7 amide bonds. The number of hydrogen-bond donors (Lipinski definition) is 9. The lowest BCUT2D eigenvalue weighted by atomic mass is 10.0. The molecule has 0 bridgehead atoms. The highest BCUT2D eigenvalue weighted by atomic mass is 32.5. The van der Waals surface area contributed by atoms with E-state index < -0.39 is 124 Å². The number of phosphoric acid groups is 1. The molecule has 4 unspecified atom stereocenters. The van der Waals surface area contributed by atoms with Crippen molar-refractivity contribution in [2.45, 2.75) is 114 Å². The smallest absolute Gasteiger partial charge is 0.449 e. The fraction of sp³-hybridized carbons (Fsp3) is 0.605. The Kier molecular flexibility index (Phi) is 20.7. The lowest BCUT2D eigenvalue weighted by Crippen LogP contribution is -2.54. The molecule has 0 aliphatic carbocycles. The summed E-state index contributed by atoms with van der Waals surface area (Å²) in [5.74, 6) is -2.08. The Morgan fingerprint density at radius 3 is 2.23 bits per heavy atom. The molecule has 10 N–H and O–H groups in total. The molecule has 4 aliphatic rings. The van der Waals surface area contributed by atoms with Gasteiger partial charge in [-0.3, -0.25) is 61.9 Å². The standard InChI is InChI=1S/C43H59F2N13O18P2S/c1-22(2)31(47-12-4-3-5-15-56-27(60)9-10-28(56)61)38(63)53-23(8-6-13-49-41(46)64)37(62)48-14-7-17-70-43(66)55-35-32-36(51-20-50-35)58(21-52-32)40-29(44)33-25(74-40)19-72-78(69,79)76-34-24(18-71-77(67,68)75-33)73-39(30(34)45)57-16-11-26(59)54-42(57)65/h9-11,16,20-25,29-31,33-34,39-40,47H,3-8,12-15,17-19H2,1-2H3,(H,48,62)(H,53,63)(H,67,68)(H,69,79)(H3,46,49,64)(H,54,59,65)(H,50,51,55,66)/t23?,24-,25-,29-,30-,31?,33-,34-,39-,40-,78?/m1/s1. The number of nitrogens with two attached hydrogens (primary N) is 1. The van der Waals surface area contributed by atoms with Crippen LogP contribution in [0.2, 0.25) is 0 Å². The molecule has 79 heavy (non-hydrogen) atoms. The number of fused-ring (bicyclic) bond motifs is 3. The maximum absolute atomic E-state index is 16.5. The number of ether oxygens (including phenoxy) is 3. The van der Waals surface area contributed by atoms with Gasteiger partial charge in [-0.25, -0.2) is 42.7 Å². The molecule has 31 nitrogen and oxygen atoms in total. The minimum atomic E-state index is -5.29. The van der Waals surface area contributed by atoms with Crippen LogP contribution in [-0.2, 0) is 67.9 Å². The van der Waals surface area contributed by atoms with Gasteiger partial charge in [-0.05, 0) is 56.4 Å². The number of halogens is 2. The summed E-state index contributed by atoms with van der Waals surface area (Å²) in [5.41, 5.74) is 3.07. The van der Waals surface area contributed by atoms with E-state index in [9.17, 15) is 52.7 Å². The average Bonchev–Trinajstić information content (AvgIpc) is 4.34. The Morgan fingerprint density at radius 2 is 1.54 bits per heavy atom. The van der Waals surface area contributed by atoms with Crippen LogP contribution >= 0.6 is 14.5 Å². The molecule has 0 spiro atoms. The number of imidazole rings is 1. The second-order valence-electron chi connectivity index (χ2n) is 18.5. The van der Waals surface area contributed by atoms with Gasteiger partial charge in [-0.15, -0.1) is 0 Å². The number of rotatable bonds is 22. The minimum Gasteiger partial charge on any atom is -0.449 e. The summed E-state index contributed by atoms with van der Waals surface area (Å²) in [4.78, 5) is 136. The van der Waals surface area contributed by atoms with E-state index in [0.29, 0.717) is 30.4 Å². The van der Waals surface area contributed by atoms with E-state index in [2.05, 4.69) is 41.5 Å². The van der Waals surface area contributed by atoms with Gasteiger partial charge >= 0.3 is 32.4 Å². The number of carbonyl (C=O) groups is 6. The van der Waals surface area contributed by atoms with Gasteiger partial charge in [0.25, 0.3) is 17.4 Å². The Morgan fingerprint density at radius 1 is 0.873 bits per heavy atom. The maximum atomic E-state index is 16.5. The van der Waals surface area contributed by atoms with Crippen LogP contribution in [-0.4, -0.2) is 174 Å². The van der Waals surface area contributed by atoms with Gasteiger partial charge in [0.05, 0.1) is 32.2 Å². The highest BCUT2D eigenvalue weighted by Gasteiger charge is 2.54. The number of unbranched alkanes of at least 4 members (excludes halogenated alkanes) is 2. The Balaban J connectivity index is 0.904. The van der Waals surface area contributed by atoms with E-state index in [1.54, 1.807) is 0 Å². The zero-order chi connectivity index (χ0) is 57.2. The minimum absolute atomic E-state index is 0.00541. The molecule has 36 heteroatoms. The number of aromatic nitrogens is 6. The number of nitrogens with one attached hydrogen (secondary N) is 6. The second kappa shape index (κ2) is 27.0. The third-order valence-electron chi connectivity index (χ3n) is 12.6. The van der Waals surface area contributed by atoms with E-state index in [-0.39, 0.29) is 80.2 Å². The molecule has 434 valence electrons. The Bertz CT molecular complexity index is 2960. The van der Waals surface area contributed by atoms with Crippen molar-refractivity contribution in [3.63, 3.8) is 0 Å². The summed E-state index contributed by atoms with van der Waals surface area (Å²) < 4.78 is 85.2. The van der Waals surface area contributed by atoms with Crippen LogP contribution in [0, 0.1) is 5.92 Å². The molecular formula is C43H59F2N13O18P2S. The lowest BCUT2D eigenvalue weighted by molar-refractivity contribution is -0.137. The summed E-state index contributed by atoms with van der Waals surface area (Å²) in [7, 11) is -5.29. The summed E-state index contributed by atoms with van der Waals surface area (Å²) >= 11 is 5.11. The first-order chi connectivity index (χ1) is 37.5. The number of imide groups is 1. The summed E-state index contributed by atoms with van der Waals surface area (Å²) in [6.07, 6.45) is -8.53. The first-order valence-corrected chi connectivity index (χ1v) is 28.8. The molecule has 3 saturated heterocycles. The largest absolute Gasteiger partial charge is 0.472 e.